The summed E-state index contributed by atoms with van der Waals surface area (Å²) in [5, 5.41) is 2.90. The van der Waals surface area contributed by atoms with Gasteiger partial charge in [0, 0.05) is 24.7 Å². The summed E-state index contributed by atoms with van der Waals surface area (Å²) in [7, 11) is 0. The molecule has 3 rings (SSSR count). The molecular formula is C19H25Cl2N3O. The highest BCUT2D eigenvalue weighted by molar-refractivity contribution is 5.94. The second-order valence-electron chi connectivity index (χ2n) is 6.10. The molecule has 0 spiro atoms. The van der Waals surface area contributed by atoms with Crippen molar-refractivity contribution in [3.8, 4) is 0 Å². The molecule has 1 unspecified atom stereocenters. The molecule has 0 bridgehead atoms. The molecule has 1 aliphatic heterocycles. The summed E-state index contributed by atoms with van der Waals surface area (Å²) >= 11 is 0. The summed E-state index contributed by atoms with van der Waals surface area (Å²) < 4.78 is 0. The lowest BCUT2D eigenvalue weighted by molar-refractivity contribution is -0.116. The fourth-order valence-electron chi connectivity index (χ4n) is 3.15. The molecule has 0 radical (unpaired) electrons. The molecule has 0 aliphatic carbocycles. The Bertz CT molecular complexity index is 709. The molecule has 0 saturated heterocycles. The smallest absolute Gasteiger partial charge is 0.226 e. The van der Waals surface area contributed by atoms with E-state index < -0.39 is 0 Å². The Labute approximate surface area is 161 Å². The van der Waals surface area contributed by atoms with Crippen LogP contribution in [-0.2, 0) is 11.2 Å². The number of halogens is 2. The van der Waals surface area contributed by atoms with Crippen LogP contribution in [0.4, 0.5) is 17.1 Å². The zero-order valence-corrected chi connectivity index (χ0v) is 15.9. The average Bonchev–Trinajstić information content (AvgIpc) is 2.56. The van der Waals surface area contributed by atoms with Crippen LogP contribution in [0.5, 0.6) is 0 Å². The number of anilines is 3. The molecule has 3 N–H and O–H groups in total. The Morgan fingerprint density at radius 3 is 2.60 bits per heavy atom. The van der Waals surface area contributed by atoms with Crippen molar-refractivity contribution >= 4 is 47.8 Å². The van der Waals surface area contributed by atoms with E-state index in [4.69, 9.17) is 5.73 Å². The van der Waals surface area contributed by atoms with Gasteiger partial charge in [0.05, 0.1) is 11.4 Å². The molecule has 0 fully saturated rings. The second kappa shape index (κ2) is 9.54. The lowest BCUT2D eigenvalue weighted by atomic mass is 9.96. The maximum atomic E-state index is 12.2. The minimum Gasteiger partial charge on any atom is -0.397 e. The van der Waals surface area contributed by atoms with Gasteiger partial charge in [0.2, 0.25) is 5.91 Å². The van der Waals surface area contributed by atoms with Gasteiger partial charge < -0.3 is 16.0 Å². The fraction of sp³-hybridized carbons (Fsp3) is 0.316. The number of benzene rings is 2. The van der Waals surface area contributed by atoms with Crippen LogP contribution in [0, 0.1) is 0 Å². The molecule has 0 aromatic heterocycles. The van der Waals surface area contributed by atoms with Crippen LogP contribution in [0.25, 0.3) is 0 Å². The average molecular weight is 382 g/mol. The zero-order chi connectivity index (χ0) is 16.2. The van der Waals surface area contributed by atoms with Gasteiger partial charge >= 0.3 is 0 Å². The first-order valence-corrected chi connectivity index (χ1v) is 8.14. The third kappa shape index (κ3) is 5.03. The minimum atomic E-state index is -0.00171. The fourth-order valence-corrected chi connectivity index (χ4v) is 3.15. The Balaban J connectivity index is 0.00000156. The zero-order valence-electron chi connectivity index (χ0n) is 14.3. The monoisotopic (exact) mass is 381 g/mol. The third-order valence-corrected chi connectivity index (χ3v) is 4.48. The molecule has 4 nitrogen and oxygen atoms in total. The van der Waals surface area contributed by atoms with Gasteiger partial charge in [0.1, 0.15) is 0 Å². The lowest BCUT2D eigenvalue weighted by Crippen LogP contribution is -2.39. The number of nitrogen functional groups attached to an aromatic ring is 1. The standard InChI is InChI=1S/C19H23N3O.2ClH/c1-14-10-11-15-6-2-5-9-18(15)22(14)13-12-19(23)21-17-8-4-3-7-16(17)20;;/h2-9,14H,10-13,20H2,1H3,(H,21,23);2*1H. The van der Waals surface area contributed by atoms with Gasteiger partial charge in [-0.2, -0.15) is 0 Å². The van der Waals surface area contributed by atoms with Crippen molar-refractivity contribution in [1.29, 1.82) is 0 Å². The normalized spacial score (nSPS) is 15.4. The summed E-state index contributed by atoms with van der Waals surface area (Å²) in [6, 6.07) is 16.3. The largest absolute Gasteiger partial charge is 0.397 e. The maximum Gasteiger partial charge on any atom is 0.226 e. The number of para-hydroxylation sites is 3. The van der Waals surface area contributed by atoms with Gasteiger partial charge in [0.15, 0.2) is 0 Å². The lowest BCUT2D eigenvalue weighted by Gasteiger charge is -2.37. The van der Waals surface area contributed by atoms with Crippen molar-refractivity contribution in [3.63, 3.8) is 0 Å². The van der Waals surface area contributed by atoms with Crippen LogP contribution in [0.1, 0.15) is 25.3 Å². The topological polar surface area (TPSA) is 58.4 Å². The van der Waals surface area contributed by atoms with Gasteiger partial charge in [-0.1, -0.05) is 30.3 Å². The van der Waals surface area contributed by atoms with Crippen molar-refractivity contribution in [2.75, 3.05) is 22.5 Å². The number of carbonyl (C=O) groups excluding carboxylic acids is 1. The highest BCUT2D eigenvalue weighted by Crippen LogP contribution is 2.30. The molecule has 25 heavy (non-hydrogen) atoms. The second-order valence-corrected chi connectivity index (χ2v) is 6.10. The van der Waals surface area contributed by atoms with E-state index in [1.165, 1.54) is 11.3 Å². The Morgan fingerprint density at radius 2 is 1.84 bits per heavy atom. The van der Waals surface area contributed by atoms with E-state index in [0.29, 0.717) is 23.8 Å². The molecule has 1 amide bonds. The van der Waals surface area contributed by atoms with Crippen molar-refractivity contribution in [2.45, 2.75) is 32.2 Å². The van der Waals surface area contributed by atoms with E-state index >= 15 is 0 Å². The van der Waals surface area contributed by atoms with Gasteiger partial charge in [-0.05, 0) is 43.5 Å². The Kier molecular flexibility index (Phi) is 8.07. The molecule has 2 aromatic carbocycles. The number of rotatable bonds is 4. The van der Waals surface area contributed by atoms with E-state index in [1.807, 2.05) is 18.2 Å². The molecule has 0 saturated carbocycles. The molecule has 6 heteroatoms. The quantitative estimate of drug-likeness (QED) is 0.776. The number of hydrogen-bond donors (Lipinski definition) is 2. The number of nitrogens with one attached hydrogen (secondary N) is 1. The van der Waals surface area contributed by atoms with Gasteiger partial charge in [-0.3, -0.25) is 4.79 Å². The summed E-state index contributed by atoms with van der Waals surface area (Å²) in [4.78, 5) is 14.6. The minimum absolute atomic E-state index is 0. The van der Waals surface area contributed by atoms with E-state index in [1.54, 1.807) is 6.07 Å². The van der Waals surface area contributed by atoms with Gasteiger partial charge in [-0.25, -0.2) is 0 Å². The van der Waals surface area contributed by atoms with Gasteiger partial charge in [-0.15, -0.1) is 24.8 Å². The number of nitrogens with zero attached hydrogens (tertiary/aromatic N) is 1. The summed E-state index contributed by atoms with van der Waals surface area (Å²) in [6.07, 6.45) is 2.69. The first kappa shape index (κ1) is 21.1. The van der Waals surface area contributed by atoms with Crippen LogP contribution in [0.15, 0.2) is 48.5 Å². The van der Waals surface area contributed by atoms with Crippen molar-refractivity contribution in [2.24, 2.45) is 0 Å². The molecule has 1 heterocycles. The Morgan fingerprint density at radius 1 is 1.16 bits per heavy atom. The third-order valence-electron chi connectivity index (χ3n) is 4.48. The van der Waals surface area contributed by atoms with Crippen LogP contribution >= 0.6 is 24.8 Å². The number of nitrogens with two attached hydrogens (primary N) is 1. The van der Waals surface area contributed by atoms with E-state index in [2.05, 4.69) is 41.4 Å². The Hall–Kier alpha value is -1.91. The van der Waals surface area contributed by atoms with E-state index in [9.17, 15) is 4.79 Å². The predicted octanol–water partition coefficient (Wildman–Crippen LogP) is 4.28. The maximum absolute atomic E-state index is 12.2. The van der Waals surface area contributed by atoms with Crippen LogP contribution in [0.3, 0.4) is 0 Å². The predicted molar refractivity (Wildman–Crippen MR) is 110 cm³/mol. The van der Waals surface area contributed by atoms with Gasteiger partial charge in [0.25, 0.3) is 0 Å². The molecule has 1 atom stereocenters. The summed E-state index contributed by atoms with van der Waals surface area (Å²) in [6.45, 7) is 2.94. The SMILES string of the molecule is CC1CCc2ccccc2N1CCC(=O)Nc1ccccc1N.Cl.Cl. The first-order chi connectivity index (χ1) is 11.1. The van der Waals surface area contributed by atoms with Crippen LogP contribution in [0.2, 0.25) is 0 Å². The summed E-state index contributed by atoms with van der Waals surface area (Å²) in [5.74, 6) is -0.00171. The molecule has 1 aliphatic rings. The number of amides is 1. The van der Waals surface area contributed by atoms with Crippen molar-refractivity contribution in [1.82, 2.24) is 0 Å². The number of fused-ring (bicyclic) bond motifs is 1. The van der Waals surface area contributed by atoms with Crippen molar-refractivity contribution in [3.05, 3.63) is 54.1 Å². The number of carbonyl (C=O) groups is 1. The van der Waals surface area contributed by atoms with Crippen LogP contribution < -0.4 is 16.0 Å². The van der Waals surface area contributed by atoms with E-state index in [-0.39, 0.29) is 30.7 Å². The summed E-state index contributed by atoms with van der Waals surface area (Å²) in [5.41, 5.74) is 9.78. The number of hydrogen-bond acceptors (Lipinski definition) is 3. The first-order valence-electron chi connectivity index (χ1n) is 8.14. The number of aryl methyl sites for hydroxylation is 1. The molecule has 2 aromatic rings. The highest BCUT2D eigenvalue weighted by atomic mass is 35.5. The molecular weight excluding hydrogens is 357 g/mol. The molecule has 136 valence electrons. The highest BCUT2D eigenvalue weighted by Gasteiger charge is 2.22. The van der Waals surface area contributed by atoms with E-state index in [0.717, 1.165) is 19.4 Å². The van der Waals surface area contributed by atoms with Crippen molar-refractivity contribution < 1.29 is 4.79 Å². The van der Waals surface area contributed by atoms with Crippen LogP contribution in [-0.4, -0.2) is 18.5 Å².